The van der Waals surface area contributed by atoms with E-state index in [1.54, 1.807) is 0 Å². The van der Waals surface area contributed by atoms with Crippen molar-refractivity contribution in [3.05, 3.63) is 139 Å². The van der Waals surface area contributed by atoms with Gasteiger partial charge in [-0.25, -0.2) is 0 Å². The molecule has 0 saturated carbocycles. The van der Waals surface area contributed by atoms with E-state index in [1.807, 2.05) is 0 Å². The number of fused-ring (bicyclic) bond motifs is 8. The Bertz CT molecular complexity index is 1150. The van der Waals surface area contributed by atoms with Crippen molar-refractivity contribution in [2.75, 3.05) is 0 Å². The summed E-state index contributed by atoms with van der Waals surface area (Å²) in [5, 5.41) is 0. The van der Waals surface area contributed by atoms with Crippen LogP contribution in [0.1, 0.15) is 33.4 Å². The van der Waals surface area contributed by atoms with E-state index in [0.717, 1.165) is 20.1 Å². The number of halogens is 2. The SMILES string of the molecule is Brc1cc2c(cc1Br)C1(c3ccccc3)OC2(c2ccccc2)c2ccccc21. The van der Waals surface area contributed by atoms with E-state index in [-0.39, 0.29) is 0 Å². The highest BCUT2D eigenvalue weighted by atomic mass is 79.9. The Morgan fingerprint density at radius 3 is 1.28 bits per heavy atom. The molecule has 2 aliphatic rings. The van der Waals surface area contributed by atoms with Crippen molar-refractivity contribution in [2.24, 2.45) is 0 Å². The molecule has 0 N–H and O–H groups in total. The number of benzene rings is 4. The summed E-state index contributed by atoms with van der Waals surface area (Å²) < 4.78 is 9.29. The van der Waals surface area contributed by atoms with Crippen LogP contribution in [0.15, 0.2) is 106 Å². The second-order valence-electron chi connectivity index (χ2n) is 7.55. The van der Waals surface area contributed by atoms with Crippen molar-refractivity contribution in [1.29, 1.82) is 0 Å². The zero-order valence-corrected chi connectivity index (χ0v) is 18.6. The third kappa shape index (κ3) is 2.13. The molecule has 4 aromatic rings. The zero-order valence-electron chi connectivity index (χ0n) is 15.4. The zero-order chi connectivity index (χ0) is 19.6. The van der Waals surface area contributed by atoms with Crippen LogP contribution in [0.5, 0.6) is 0 Å². The highest BCUT2D eigenvalue weighted by molar-refractivity contribution is 9.13. The summed E-state index contributed by atoms with van der Waals surface area (Å²) in [6.45, 7) is 0. The molecule has 29 heavy (non-hydrogen) atoms. The molecule has 1 nitrogen and oxygen atoms in total. The summed E-state index contributed by atoms with van der Waals surface area (Å²) in [7, 11) is 0. The molecular weight excluding hydrogens is 488 g/mol. The fourth-order valence-electron chi connectivity index (χ4n) is 5.05. The monoisotopic (exact) mass is 502 g/mol. The van der Waals surface area contributed by atoms with Gasteiger partial charge in [0.1, 0.15) is 11.2 Å². The lowest BCUT2D eigenvalue weighted by Gasteiger charge is -2.30. The number of ether oxygens (including phenoxy) is 1. The van der Waals surface area contributed by atoms with E-state index in [0.29, 0.717) is 0 Å². The third-order valence-corrected chi connectivity index (χ3v) is 8.02. The molecule has 3 heteroatoms. The Kier molecular flexibility index (Phi) is 3.74. The van der Waals surface area contributed by atoms with Gasteiger partial charge in [0.05, 0.1) is 0 Å². The van der Waals surface area contributed by atoms with Gasteiger partial charge in [0.15, 0.2) is 0 Å². The second-order valence-corrected chi connectivity index (χ2v) is 9.26. The lowest BCUT2D eigenvalue weighted by molar-refractivity contribution is -0.0258. The summed E-state index contributed by atoms with van der Waals surface area (Å²) in [6, 6.07) is 34.2. The van der Waals surface area contributed by atoms with Crippen molar-refractivity contribution in [3.63, 3.8) is 0 Å². The lowest BCUT2D eigenvalue weighted by atomic mass is 9.68. The molecular formula is C26H16Br2O. The molecule has 2 atom stereocenters. The van der Waals surface area contributed by atoms with Gasteiger partial charge in [-0.3, -0.25) is 0 Å². The molecule has 0 fully saturated rings. The van der Waals surface area contributed by atoms with Gasteiger partial charge in [0, 0.05) is 20.1 Å². The van der Waals surface area contributed by atoms with E-state index in [9.17, 15) is 0 Å². The number of rotatable bonds is 2. The molecule has 0 amide bonds. The molecule has 0 radical (unpaired) electrons. The first-order valence-corrected chi connectivity index (χ1v) is 11.2. The quantitative estimate of drug-likeness (QED) is 0.282. The van der Waals surface area contributed by atoms with Crippen molar-refractivity contribution in [2.45, 2.75) is 11.2 Å². The average molecular weight is 504 g/mol. The van der Waals surface area contributed by atoms with Gasteiger partial charge in [-0.05, 0) is 66.2 Å². The van der Waals surface area contributed by atoms with Gasteiger partial charge in [-0.2, -0.15) is 0 Å². The molecule has 0 aromatic heterocycles. The van der Waals surface area contributed by atoms with E-state index in [1.165, 1.54) is 22.3 Å². The van der Waals surface area contributed by atoms with Crippen LogP contribution >= 0.6 is 31.9 Å². The van der Waals surface area contributed by atoms with Gasteiger partial charge in [-0.15, -0.1) is 0 Å². The summed E-state index contributed by atoms with van der Waals surface area (Å²) in [4.78, 5) is 0. The first kappa shape index (κ1) is 17.6. The van der Waals surface area contributed by atoms with Gasteiger partial charge in [-0.1, -0.05) is 84.9 Å². The van der Waals surface area contributed by atoms with Crippen LogP contribution in [0.25, 0.3) is 0 Å². The Balaban J connectivity index is 1.80. The molecule has 6 rings (SSSR count). The van der Waals surface area contributed by atoms with Crippen LogP contribution in [-0.2, 0) is 15.9 Å². The third-order valence-electron chi connectivity index (χ3n) is 6.17. The molecule has 2 aliphatic heterocycles. The van der Waals surface area contributed by atoms with Crippen LogP contribution in [0.2, 0.25) is 0 Å². The largest absolute Gasteiger partial charge is 0.340 e. The van der Waals surface area contributed by atoms with E-state index < -0.39 is 11.2 Å². The predicted molar refractivity (Wildman–Crippen MR) is 122 cm³/mol. The standard InChI is InChI=1S/C26H16Br2O/c27-23-15-21-22(16-24(23)28)26(18-11-5-2-6-12-18)20-14-8-7-13-19(20)25(21,29-26)17-9-3-1-4-10-17/h1-16H. The fourth-order valence-corrected chi connectivity index (χ4v) is 5.74. The van der Waals surface area contributed by atoms with Gasteiger partial charge >= 0.3 is 0 Å². The number of hydrogen-bond donors (Lipinski definition) is 0. The molecule has 0 spiro atoms. The van der Waals surface area contributed by atoms with E-state index in [4.69, 9.17) is 4.74 Å². The maximum absolute atomic E-state index is 7.23. The Morgan fingerprint density at radius 1 is 0.483 bits per heavy atom. The van der Waals surface area contributed by atoms with E-state index in [2.05, 4.69) is 129 Å². The highest BCUT2D eigenvalue weighted by Crippen LogP contribution is 2.66. The Morgan fingerprint density at radius 2 is 0.862 bits per heavy atom. The van der Waals surface area contributed by atoms with E-state index >= 15 is 0 Å². The Labute approximate surface area is 186 Å². The van der Waals surface area contributed by atoms with Crippen LogP contribution in [-0.4, -0.2) is 0 Å². The molecule has 4 aromatic carbocycles. The first-order valence-electron chi connectivity index (χ1n) is 9.59. The normalized spacial score (nSPS) is 23.7. The molecule has 2 unspecified atom stereocenters. The Hall–Kier alpha value is -2.20. The smallest absolute Gasteiger partial charge is 0.146 e. The first-order chi connectivity index (χ1) is 14.2. The van der Waals surface area contributed by atoms with Crippen molar-refractivity contribution >= 4 is 31.9 Å². The minimum Gasteiger partial charge on any atom is -0.340 e. The number of hydrogen-bond acceptors (Lipinski definition) is 1. The summed E-state index contributed by atoms with van der Waals surface area (Å²) in [5.41, 5.74) is 5.87. The molecule has 2 bridgehead atoms. The van der Waals surface area contributed by atoms with Crippen molar-refractivity contribution < 1.29 is 4.74 Å². The predicted octanol–water partition coefficient (Wildman–Crippen LogP) is 7.14. The van der Waals surface area contributed by atoms with Gasteiger partial charge < -0.3 is 4.74 Å². The highest BCUT2D eigenvalue weighted by Gasteiger charge is 2.64. The fraction of sp³-hybridized carbons (Fsp3) is 0.0769. The van der Waals surface area contributed by atoms with Gasteiger partial charge in [0.2, 0.25) is 0 Å². The second kappa shape index (κ2) is 6.15. The average Bonchev–Trinajstić information content (AvgIpc) is 3.25. The van der Waals surface area contributed by atoms with Crippen molar-refractivity contribution in [1.82, 2.24) is 0 Å². The molecule has 140 valence electrons. The molecule has 0 aliphatic carbocycles. The van der Waals surface area contributed by atoms with Crippen LogP contribution in [0.4, 0.5) is 0 Å². The summed E-state index contributed by atoms with van der Waals surface area (Å²) in [6.07, 6.45) is 0. The molecule has 0 saturated heterocycles. The van der Waals surface area contributed by atoms with Crippen LogP contribution in [0.3, 0.4) is 0 Å². The minimum atomic E-state index is -0.633. The maximum atomic E-state index is 7.23. The summed E-state index contributed by atoms with van der Waals surface area (Å²) in [5.74, 6) is 0. The summed E-state index contributed by atoms with van der Waals surface area (Å²) >= 11 is 7.46. The van der Waals surface area contributed by atoms with Crippen molar-refractivity contribution in [3.8, 4) is 0 Å². The van der Waals surface area contributed by atoms with Crippen LogP contribution < -0.4 is 0 Å². The van der Waals surface area contributed by atoms with Gasteiger partial charge in [0.25, 0.3) is 0 Å². The van der Waals surface area contributed by atoms with Crippen LogP contribution in [0, 0.1) is 0 Å². The minimum absolute atomic E-state index is 0.633. The lowest BCUT2D eigenvalue weighted by Crippen LogP contribution is -2.27. The topological polar surface area (TPSA) is 9.23 Å². The molecule has 2 heterocycles. The maximum Gasteiger partial charge on any atom is 0.146 e.